The van der Waals surface area contributed by atoms with Crippen LogP contribution in [0.3, 0.4) is 0 Å². The summed E-state index contributed by atoms with van der Waals surface area (Å²) in [6, 6.07) is 1.95. The van der Waals surface area contributed by atoms with Crippen LogP contribution in [-0.2, 0) is 0 Å². The van der Waals surface area contributed by atoms with E-state index in [1.165, 1.54) is 32.4 Å². The highest BCUT2D eigenvalue weighted by molar-refractivity contribution is 9.10. The van der Waals surface area contributed by atoms with Gasteiger partial charge in [0.05, 0.1) is 12.8 Å². The highest BCUT2D eigenvalue weighted by Gasteiger charge is 2.08. The minimum atomic E-state index is 0.772. The summed E-state index contributed by atoms with van der Waals surface area (Å²) < 4.78 is 6.62. The molecule has 0 saturated carbocycles. The van der Waals surface area contributed by atoms with Crippen molar-refractivity contribution in [1.82, 2.24) is 9.88 Å². The van der Waals surface area contributed by atoms with Crippen LogP contribution in [-0.4, -0.2) is 36.1 Å². The summed E-state index contributed by atoms with van der Waals surface area (Å²) in [5.41, 5.74) is 0. The second-order valence-electron chi connectivity index (χ2n) is 4.44. The van der Waals surface area contributed by atoms with Crippen molar-refractivity contribution in [1.29, 1.82) is 0 Å². The molecule has 0 radical (unpaired) electrons. The third kappa shape index (κ3) is 4.64. The van der Waals surface area contributed by atoms with E-state index in [1.54, 1.807) is 12.4 Å². The van der Waals surface area contributed by atoms with Crippen molar-refractivity contribution in [2.24, 2.45) is 0 Å². The van der Waals surface area contributed by atoms with E-state index >= 15 is 0 Å². The first-order valence-electron chi connectivity index (χ1n) is 6.30. The fourth-order valence-electron chi connectivity index (χ4n) is 2.13. The summed E-state index contributed by atoms with van der Waals surface area (Å²) in [5.74, 6) is 0.845. The van der Waals surface area contributed by atoms with E-state index in [9.17, 15) is 0 Å². The Hall–Kier alpha value is -0.610. The standard InChI is InChI=1S/C13H19BrN2O/c14-12-9-13(11-15-10-12)17-8-4-7-16-5-2-1-3-6-16/h9-11H,1-8H2. The third-order valence-electron chi connectivity index (χ3n) is 3.02. The lowest BCUT2D eigenvalue weighted by molar-refractivity contribution is 0.205. The molecule has 1 aromatic heterocycles. The van der Waals surface area contributed by atoms with E-state index in [1.807, 2.05) is 6.07 Å². The molecule has 2 heterocycles. The molecule has 1 aromatic rings. The van der Waals surface area contributed by atoms with Gasteiger partial charge < -0.3 is 9.64 Å². The lowest BCUT2D eigenvalue weighted by Gasteiger charge is -2.26. The number of likely N-dealkylation sites (tertiary alicyclic amines) is 1. The van der Waals surface area contributed by atoms with E-state index in [-0.39, 0.29) is 0 Å². The van der Waals surface area contributed by atoms with E-state index < -0.39 is 0 Å². The zero-order valence-electron chi connectivity index (χ0n) is 10.1. The first-order chi connectivity index (χ1) is 8.34. The van der Waals surface area contributed by atoms with Crippen molar-refractivity contribution >= 4 is 15.9 Å². The maximum absolute atomic E-state index is 5.66. The number of ether oxygens (including phenoxy) is 1. The highest BCUT2D eigenvalue weighted by atomic mass is 79.9. The molecule has 17 heavy (non-hydrogen) atoms. The Morgan fingerprint density at radius 1 is 1.24 bits per heavy atom. The first kappa shape index (κ1) is 12.8. The summed E-state index contributed by atoms with van der Waals surface area (Å²) >= 11 is 3.38. The predicted molar refractivity (Wildman–Crippen MR) is 72.3 cm³/mol. The summed E-state index contributed by atoms with van der Waals surface area (Å²) in [4.78, 5) is 6.60. The van der Waals surface area contributed by atoms with Crippen molar-refractivity contribution in [2.75, 3.05) is 26.2 Å². The fraction of sp³-hybridized carbons (Fsp3) is 0.615. The monoisotopic (exact) mass is 298 g/mol. The van der Waals surface area contributed by atoms with Crippen LogP contribution in [0.15, 0.2) is 22.9 Å². The Bertz CT molecular complexity index is 340. The average Bonchev–Trinajstić information content (AvgIpc) is 2.36. The predicted octanol–water partition coefficient (Wildman–Crippen LogP) is 3.10. The van der Waals surface area contributed by atoms with E-state index in [0.29, 0.717) is 0 Å². The molecule has 1 fully saturated rings. The van der Waals surface area contributed by atoms with Gasteiger partial charge in [0, 0.05) is 17.2 Å². The van der Waals surface area contributed by atoms with Crippen LogP contribution in [0.1, 0.15) is 25.7 Å². The molecule has 0 aliphatic carbocycles. The van der Waals surface area contributed by atoms with Gasteiger partial charge in [-0.25, -0.2) is 0 Å². The molecular weight excluding hydrogens is 280 g/mol. The Kier molecular flexibility index (Phi) is 5.26. The van der Waals surface area contributed by atoms with E-state index in [0.717, 1.165) is 29.8 Å². The molecule has 1 saturated heterocycles. The van der Waals surface area contributed by atoms with Crippen molar-refractivity contribution < 1.29 is 4.74 Å². The minimum Gasteiger partial charge on any atom is -0.492 e. The number of pyridine rings is 1. The second kappa shape index (κ2) is 6.97. The number of nitrogens with zero attached hydrogens (tertiary/aromatic N) is 2. The second-order valence-corrected chi connectivity index (χ2v) is 5.36. The topological polar surface area (TPSA) is 25.4 Å². The Balaban J connectivity index is 1.62. The molecule has 2 rings (SSSR count). The van der Waals surface area contributed by atoms with Crippen molar-refractivity contribution in [2.45, 2.75) is 25.7 Å². The Labute approximate surface area is 111 Å². The zero-order valence-corrected chi connectivity index (χ0v) is 11.7. The van der Waals surface area contributed by atoms with Crippen LogP contribution in [0.2, 0.25) is 0 Å². The SMILES string of the molecule is Brc1cncc(OCCCN2CCCCC2)c1. The largest absolute Gasteiger partial charge is 0.492 e. The first-order valence-corrected chi connectivity index (χ1v) is 7.09. The molecule has 0 unspecified atom stereocenters. The van der Waals surface area contributed by atoms with Crippen molar-refractivity contribution in [3.05, 3.63) is 22.9 Å². The summed E-state index contributed by atoms with van der Waals surface area (Å²) in [7, 11) is 0. The molecule has 0 bridgehead atoms. The number of halogens is 1. The molecule has 1 aliphatic rings. The summed E-state index contributed by atoms with van der Waals surface area (Å²) in [6.45, 7) is 4.45. The number of rotatable bonds is 5. The van der Waals surface area contributed by atoms with Gasteiger partial charge in [0.25, 0.3) is 0 Å². The molecule has 4 heteroatoms. The highest BCUT2D eigenvalue weighted by Crippen LogP contribution is 2.16. The Morgan fingerprint density at radius 3 is 2.82 bits per heavy atom. The number of hydrogen-bond donors (Lipinski definition) is 0. The average molecular weight is 299 g/mol. The number of hydrogen-bond acceptors (Lipinski definition) is 3. The third-order valence-corrected chi connectivity index (χ3v) is 3.45. The fourth-order valence-corrected chi connectivity index (χ4v) is 2.48. The van der Waals surface area contributed by atoms with Crippen LogP contribution in [0.5, 0.6) is 5.75 Å². The lowest BCUT2D eigenvalue weighted by atomic mass is 10.1. The van der Waals surface area contributed by atoms with Gasteiger partial charge in [-0.05, 0) is 54.3 Å². The molecular formula is C13H19BrN2O. The van der Waals surface area contributed by atoms with Crippen molar-refractivity contribution in [3.8, 4) is 5.75 Å². The molecule has 0 amide bonds. The minimum absolute atomic E-state index is 0.772. The maximum Gasteiger partial charge on any atom is 0.138 e. The summed E-state index contributed by atoms with van der Waals surface area (Å²) in [5, 5.41) is 0. The van der Waals surface area contributed by atoms with Gasteiger partial charge in [0.2, 0.25) is 0 Å². The molecule has 0 atom stereocenters. The van der Waals surface area contributed by atoms with Gasteiger partial charge in [-0.3, -0.25) is 4.98 Å². The molecule has 0 N–H and O–H groups in total. The normalized spacial score (nSPS) is 17.0. The zero-order chi connectivity index (χ0) is 11.9. The number of piperidine rings is 1. The summed E-state index contributed by atoms with van der Waals surface area (Å²) in [6.07, 6.45) is 8.72. The van der Waals surface area contributed by atoms with Gasteiger partial charge in [0.15, 0.2) is 0 Å². The van der Waals surface area contributed by atoms with Gasteiger partial charge in [-0.15, -0.1) is 0 Å². The van der Waals surface area contributed by atoms with Crippen LogP contribution in [0.4, 0.5) is 0 Å². The van der Waals surface area contributed by atoms with Crippen LogP contribution >= 0.6 is 15.9 Å². The molecule has 1 aliphatic heterocycles. The van der Waals surface area contributed by atoms with Crippen LogP contribution in [0, 0.1) is 0 Å². The molecule has 0 aromatic carbocycles. The lowest BCUT2D eigenvalue weighted by Crippen LogP contribution is -2.31. The van der Waals surface area contributed by atoms with Crippen LogP contribution < -0.4 is 4.74 Å². The smallest absolute Gasteiger partial charge is 0.138 e. The Morgan fingerprint density at radius 2 is 2.06 bits per heavy atom. The van der Waals surface area contributed by atoms with E-state index in [4.69, 9.17) is 4.74 Å². The van der Waals surface area contributed by atoms with Gasteiger partial charge in [-0.1, -0.05) is 6.42 Å². The van der Waals surface area contributed by atoms with Gasteiger partial charge >= 0.3 is 0 Å². The molecule has 3 nitrogen and oxygen atoms in total. The van der Waals surface area contributed by atoms with Gasteiger partial charge in [0.1, 0.15) is 5.75 Å². The molecule has 0 spiro atoms. The van der Waals surface area contributed by atoms with E-state index in [2.05, 4.69) is 25.8 Å². The van der Waals surface area contributed by atoms with Gasteiger partial charge in [-0.2, -0.15) is 0 Å². The molecule has 94 valence electrons. The number of aromatic nitrogens is 1. The quantitative estimate of drug-likeness (QED) is 0.781. The maximum atomic E-state index is 5.66. The van der Waals surface area contributed by atoms with Crippen molar-refractivity contribution in [3.63, 3.8) is 0 Å². The van der Waals surface area contributed by atoms with Crippen LogP contribution in [0.25, 0.3) is 0 Å².